The van der Waals surface area contributed by atoms with Crippen molar-refractivity contribution in [3.05, 3.63) is 33.9 Å². The second-order valence-corrected chi connectivity index (χ2v) is 7.68. The minimum Gasteiger partial charge on any atom is -0.342 e. The van der Waals surface area contributed by atoms with Crippen LogP contribution in [0, 0.1) is 5.41 Å². The first kappa shape index (κ1) is 16.7. The lowest BCUT2D eigenvalue weighted by Gasteiger charge is -2.36. The van der Waals surface area contributed by atoms with Gasteiger partial charge in [0.25, 0.3) is 5.56 Å². The summed E-state index contributed by atoms with van der Waals surface area (Å²) < 4.78 is 1.50. The van der Waals surface area contributed by atoms with Crippen molar-refractivity contribution in [3.8, 4) is 0 Å². The van der Waals surface area contributed by atoms with E-state index in [1.54, 1.807) is 6.07 Å². The molecular formula is C18H26N4O2. The first-order chi connectivity index (χ1) is 11.3. The van der Waals surface area contributed by atoms with Crippen LogP contribution in [0.3, 0.4) is 0 Å². The zero-order chi connectivity index (χ0) is 17.5. The quantitative estimate of drug-likeness (QED) is 0.919. The molecule has 3 rings (SSSR count). The van der Waals surface area contributed by atoms with Gasteiger partial charge in [0, 0.05) is 47.9 Å². The number of carbonyl (C=O) groups is 1. The molecule has 6 heteroatoms. The number of H-pyrrole nitrogens is 1. The molecule has 130 valence electrons. The molecule has 6 nitrogen and oxygen atoms in total. The molecule has 1 fully saturated rings. The third-order valence-electron chi connectivity index (χ3n) is 4.68. The van der Waals surface area contributed by atoms with Crippen LogP contribution in [0.25, 0.3) is 5.65 Å². The Kier molecular flexibility index (Phi) is 4.24. The number of nitrogens with zero attached hydrogens (tertiary/aromatic N) is 3. The molecule has 1 saturated heterocycles. The Morgan fingerprint density at radius 3 is 2.79 bits per heavy atom. The standard InChI is InChI=1S/C18H26N4O2/c1-5-13-9-16(23)22-15(19-13)10-14(20-22)12-7-6-8-21(11-12)17(24)18(2,3)4/h9-10,12,20H,5-8,11H2,1-4H3. The van der Waals surface area contributed by atoms with E-state index in [1.807, 2.05) is 38.7 Å². The van der Waals surface area contributed by atoms with Crippen molar-refractivity contribution in [2.75, 3.05) is 13.1 Å². The highest BCUT2D eigenvalue weighted by Gasteiger charge is 2.32. The first-order valence-electron chi connectivity index (χ1n) is 8.70. The lowest BCUT2D eigenvalue weighted by molar-refractivity contribution is -0.140. The molecule has 0 spiro atoms. The molecule has 2 aromatic heterocycles. The first-order valence-corrected chi connectivity index (χ1v) is 8.70. The van der Waals surface area contributed by atoms with Gasteiger partial charge in [0.1, 0.15) is 0 Å². The molecule has 1 unspecified atom stereocenters. The smallest absolute Gasteiger partial charge is 0.272 e. The van der Waals surface area contributed by atoms with E-state index in [4.69, 9.17) is 0 Å². The second kappa shape index (κ2) is 6.07. The molecule has 1 aliphatic rings. The van der Waals surface area contributed by atoms with Gasteiger partial charge in [0.05, 0.1) is 0 Å². The number of aromatic amines is 1. The van der Waals surface area contributed by atoms with Crippen molar-refractivity contribution in [3.63, 3.8) is 0 Å². The monoisotopic (exact) mass is 330 g/mol. The average Bonchev–Trinajstić information content (AvgIpc) is 2.98. The number of nitrogens with one attached hydrogen (secondary N) is 1. The molecule has 0 saturated carbocycles. The number of aryl methyl sites for hydroxylation is 1. The van der Waals surface area contributed by atoms with Crippen molar-refractivity contribution in [1.82, 2.24) is 19.5 Å². The van der Waals surface area contributed by atoms with Gasteiger partial charge in [-0.2, -0.15) is 0 Å². The minimum atomic E-state index is -0.364. The van der Waals surface area contributed by atoms with Crippen molar-refractivity contribution < 1.29 is 4.79 Å². The molecule has 1 amide bonds. The number of aromatic nitrogens is 3. The fourth-order valence-corrected chi connectivity index (χ4v) is 3.34. The molecule has 1 aliphatic heterocycles. The van der Waals surface area contributed by atoms with Crippen LogP contribution in [0.5, 0.6) is 0 Å². The molecule has 0 aromatic carbocycles. The Labute approximate surface area is 141 Å². The highest BCUT2D eigenvalue weighted by molar-refractivity contribution is 5.81. The van der Waals surface area contributed by atoms with Crippen molar-refractivity contribution in [2.24, 2.45) is 5.41 Å². The second-order valence-electron chi connectivity index (χ2n) is 7.68. The number of piperidine rings is 1. The number of rotatable bonds is 2. The van der Waals surface area contributed by atoms with Gasteiger partial charge in [-0.3, -0.25) is 14.7 Å². The summed E-state index contributed by atoms with van der Waals surface area (Å²) in [4.78, 5) is 31.2. The van der Waals surface area contributed by atoms with E-state index in [9.17, 15) is 9.59 Å². The van der Waals surface area contributed by atoms with Crippen molar-refractivity contribution in [1.29, 1.82) is 0 Å². The fraction of sp³-hybridized carbons (Fsp3) is 0.611. The van der Waals surface area contributed by atoms with E-state index in [-0.39, 0.29) is 22.8 Å². The fourth-order valence-electron chi connectivity index (χ4n) is 3.34. The maximum atomic E-state index is 12.6. The van der Waals surface area contributed by atoms with Crippen LogP contribution in [0.15, 0.2) is 16.9 Å². The summed E-state index contributed by atoms with van der Waals surface area (Å²) in [6.07, 6.45) is 2.73. The molecule has 0 radical (unpaired) electrons. The highest BCUT2D eigenvalue weighted by Crippen LogP contribution is 2.29. The van der Waals surface area contributed by atoms with Gasteiger partial charge < -0.3 is 4.90 Å². The number of amides is 1. The topological polar surface area (TPSA) is 70.5 Å². The predicted octanol–water partition coefficient (Wildman–Crippen LogP) is 2.34. The van der Waals surface area contributed by atoms with Gasteiger partial charge >= 0.3 is 0 Å². The van der Waals surface area contributed by atoms with Crippen LogP contribution < -0.4 is 5.56 Å². The van der Waals surface area contributed by atoms with Gasteiger partial charge in [-0.05, 0) is 19.3 Å². The van der Waals surface area contributed by atoms with Crippen LogP contribution >= 0.6 is 0 Å². The summed E-state index contributed by atoms with van der Waals surface area (Å²) in [5, 5.41) is 3.19. The van der Waals surface area contributed by atoms with E-state index in [1.165, 1.54) is 4.52 Å². The van der Waals surface area contributed by atoms with E-state index in [0.717, 1.165) is 37.2 Å². The van der Waals surface area contributed by atoms with Gasteiger partial charge in [-0.15, -0.1) is 0 Å². The summed E-state index contributed by atoms with van der Waals surface area (Å²) in [5.74, 6) is 0.406. The minimum absolute atomic E-state index is 0.0819. The summed E-state index contributed by atoms with van der Waals surface area (Å²) in [6.45, 7) is 9.36. The molecule has 1 N–H and O–H groups in total. The number of fused-ring (bicyclic) bond motifs is 1. The molecule has 3 heterocycles. The van der Waals surface area contributed by atoms with Gasteiger partial charge in [-0.1, -0.05) is 27.7 Å². The van der Waals surface area contributed by atoms with Crippen LogP contribution in [0.1, 0.15) is 57.8 Å². The Balaban J connectivity index is 1.89. The number of hydrogen-bond donors (Lipinski definition) is 1. The zero-order valence-electron chi connectivity index (χ0n) is 14.9. The van der Waals surface area contributed by atoms with Crippen LogP contribution in [-0.4, -0.2) is 38.5 Å². The van der Waals surface area contributed by atoms with E-state index in [0.29, 0.717) is 12.2 Å². The van der Waals surface area contributed by atoms with E-state index >= 15 is 0 Å². The maximum Gasteiger partial charge on any atom is 0.272 e. The lowest BCUT2D eigenvalue weighted by atomic mass is 9.90. The van der Waals surface area contributed by atoms with Gasteiger partial charge in [0.15, 0.2) is 5.65 Å². The average molecular weight is 330 g/mol. The normalized spacial score (nSPS) is 19.0. The van der Waals surface area contributed by atoms with Crippen LogP contribution in [0.2, 0.25) is 0 Å². The Hall–Kier alpha value is -2.11. The number of carbonyl (C=O) groups excluding carboxylic acids is 1. The van der Waals surface area contributed by atoms with E-state index in [2.05, 4.69) is 10.1 Å². The maximum absolute atomic E-state index is 12.6. The van der Waals surface area contributed by atoms with E-state index < -0.39 is 0 Å². The summed E-state index contributed by atoms with van der Waals surface area (Å²) in [5.41, 5.74) is 2.00. The van der Waals surface area contributed by atoms with Crippen LogP contribution in [0.4, 0.5) is 0 Å². The Morgan fingerprint density at radius 2 is 2.12 bits per heavy atom. The Bertz CT molecular complexity index is 813. The molecule has 2 aromatic rings. The third kappa shape index (κ3) is 3.09. The molecule has 0 bridgehead atoms. The predicted molar refractivity (Wildman–Crippen MR) is 93.2 cm³/mol. The zero-order valence-corrected chi connectivity index (χ0v) is 14.9. The molecule has 24 heavy (non-hydrogen) atoms. The molecular weight excluding hydrogens is 304 g/mol. The summed E-state index contributed by atoms with van der Waals surface area (Å²) in [7, 11) is 0. The lowest BCUT2D eigenvalue weighted by Crippen LogP contribution is -2.44. The summed E-state index contributed by atoms with van der Waals surface area (Å²) >= 11 is 0. The van der Waals surface area contributed by atoms with Crippen molar-refractivity contribution >= 4 is 11.6 Å². The highest BCUT2D eigenvalue weighted by atomic mass is 16.2. The van der Waals surface area contributed by atoms with Gasteiger partial charge in [-0.25, -0.2) is 9.50 Å². The van der Waals surface area contributed by atoms with Crippen molar-refractivity contribution in [2.45, 2.75) is 52.9 Å². The SMILES string of the molecule is CCc1cc(=O)n2[nH]c(C3CCCN(C(=O)C(C)(C)C)C3)cc2n1. The van der Waals surface area contributed by atoms with Gasteiger partial charge in [0.2, 0.25) is 5.91 Å². The van der Waals surface area contributed by atoms with Crippen LogP contribution in [-0.2, 0) is 11.2 Å². The number of likely N-dealkylation sites (tertiary alicyclic amines) is 1. The molecule has 1 atom stereocenters. The summed E-state index contributed by atoms with van der Waals surface area (Å²) in [6, 6.07) is 3.53. The molecule has 0 aliphatic carbocycles. The number of hydrogen-bond acceptors (Lipinski definition) is 3. The third-order valence-corrected chi connectivity index (χ3v) is 4.68. The largest absolute Gasteiger partial charge is 0.342 e. The Morgan fingerprint density at radius 1 is 1.38 bits per heavy atom.